The summed E-state index contributed by atoms with van der Waals surface area (Å²) in [5, 5.41) is 11.9. The Morgan fingerprint density at radius 1 is 1.24 bits per heavy atom. The molecular formula is C22H23N3O4. The third kappa shape index (κ3) is 3.74. The lowest BCUT2D eigenvalue weighted by Crippen LogP contribution is -2.60. The molecule has 0 saturated heterocycles. The molecule has 1 N–H and O–H groups in total. The monoisotopic (exact) mass is 393 g/mol. The highest BCUT2D eigenvalue weighted by Gasteiger charge is 2.45. The maximum atomic E-state index is 13.3. The van der Waals surface area contributed by atoms with E-state index < -0.39 is 11.6 Å². The van der Waals surface area contributed by atoms with Crippen molar-refractivity contribution in [1.82, 2.24) is 0 Å². The molecule has 0 aromatic heterocycles. The summed E-state index contributed by atoms with van der Waals surface area (Å²) in [6, 6.07) is 14.0. The number of anilines is 2. The molecule has 0 radical (unpaired) electrons. The number of carbonyl (C=O) groups is 2. The SMILES string of the molecule is CCOc1cc(C#N)ccc1O[C@H](C)C(=O)N1c2ccccc2NC(=O)C1(C)C. The molecule has 7 nitrogen and oxygen atoms in total. The van der Waals surface area contributed by atoms with Gasteiger partial charge in [-0.05, 0) is 52.0 Å². The number of nitriles is 1. The first-order chi connectivity index (χ1) is 13.8. The van der Waals surface area contributed by atoms with Crippen LogP contribution >= 0.6 is 0 Å². The van der Waals surface area contributed by atoms with Crippen LogP contribution in [-0.2, 0) is 9.59 Å². The average Bonchev–Trinajstić information content (AvgIpc) is 2.69. The van der Waals surface area contributed by atoms with Gasteiger partial charge in [-0.1, -0.05) is 12.1 Å². The molecule has 1 heterocycles. The van der Waals surface area contributed by atoms with Gasteiger partial charge in [-0.3, -0.25) is 14.5 Å². The third-order valence-corrected chi connectivity index (χ3v) is 4.75. The fraction of sp³-hybridized carbons (Fsp3) is 0.318. The second-order valence-electron chi connectivity index (χ2n) is 7.17. The summed E-state index contributed by atoms with van der Waals surface area (Å²) in [4.78, 5) is 27.4. The first kappa shape index (κ1) is 20.2. The third-order valence-electron chi connectivity index (χ3n) is 4.75. The molecule has 1 aliphatic rings. The normalized spacial score (nSPS) is 15.6. The standard InChI is InChI=1S/C22H23N3O4/c1-5-28-19-12-15(13-23)10-11-18(19)29-14(2)20(26)25-17-9-7-6-8-16(17)24-21(27)22(25,3)4/h6-12,14H,5H2,1-4H3,(H,24,27)/t14-/m1/s1. The summed E-state index contributed by atoms with van der Waals surface area (Å²) in [6.07, 6.45) is -0.889. The first-order valence-corrected chi connectivity index (χ1v) is 9.37. The molecule has 2 aromatic carbocycles. The Kier molecular flexibility index (Phi) is 5.46. The number of ether oxygens (including phenoxy) is 2. The summed E-state index contributed by atoms with van der Waals surface area (Å²) < 4.78 is 11.5. The van der Waals surface area contributed by atoms with Crippen molar-refractivity contribution in [3.63, 3.8) is 0 Å². The molecule has 2 aromatic rings. The highest BCUT2D eigenvalue weighted by Crippen LogP contribution is 2.38. The lowest BCUT2D eigenvalue weighted by Gasteiger charge is -2.42. The van der Waals surface area contributed by atoms with Crippen LogP contribution in [0.2, 0.25) is 0 Å². The van der Waals surface area contributed by atoms with Crippen molar-refractivity contribution < 1.29 is 19.1 Å². The van der Waals surface area contributed by atoms with Gasteiger partial charge in [0.2, 0.25) is 5.91 Å². The molecule has 29 heavy (non-hydrogen) atoms. The van der Waals surface area contributed by atoms with Crippen molar-refractivity contribution in [2.24, 2.45) is 0 Å². The zero-order valence-corrected chi connectivity index (χ0v) is 16.9. The van der Waals surface area contributed by atoms with Crippen molar-refractivity contribution in [2.45, 2.75) is 39.3 Å². The van der Waals surface area contributed by atoms with Gasteiger partial charge in [-0.2, -0.15) is 5.26 Å². The molecule has 2 amide bonds. The lowest BCUT2D eigenvalue weighted by atomic mass is 9.95. The van der Waals surface area contributed by atoms with E-state index in [0.717, 1.165) is 0 Å². The smallest absolute Gasteiger partial charge is 0.268 e. The molecule has 150 valence electrons. The molecule has 0 aliphatic carbocycles. The van der Waals surface area contributed by atoms with Gasteiger partial charge in [0.15, 0.2) is 17.6 Å². The van der Waals surface area contributed by atoms with E-state index >= 15 is 0 Å². The van der Waals surface area contributed by atoms with E-state index in [0.29, 0.717) is 35.0 Å². The molecule has 0 fully saturated rings. The molecule has 1 atom stereocenters. The Bertz CT molecular complexity index is 994. The Labute approximate surface area is 169 Å². The lowest BCUT2D eigenvalue weighted by molar-refractivity contribution is -0.130. The zero-order valence-electron chi connectivity index (χ0n) is 16.9. The van der Waals surface area contributed by atoms with Gasteiger partial charge in [0, 0.05) is 6.07 Å². The average molecular weight is 393 g/mol. The summed E-state index contributed by atoms with van der Waals surface area (Å²) in [5.74, 6) is 0.121. The summed E-state index contributed by atoms with van der Waals surface area (Å²) in [5.41, 5.74) is 0.534. The number of para-hydroxylation sites is 2. The highest BCUT2D eigenvalue weighted by atomic mass is 16.5. The molecule has 0 unspecified atom stereocenters. The topological polar surface area (TPSA) is 91.7 Å². The van der Waals surface area contributed by atoms with Gasteiger partial charge >= 0.3 is 0 Å². The minimum Gasteiger partial charge on any atom is -0.490 e. The number of benzene rings is 2. The number of amides is 2. The van der Waals surface area contributed by atoms with E-state index in [9.17, 15) is 9.59 Å². The zero-order chi connectivity index (χ0) is 21.2. The number of hydrogen-bond donors (Lipinski definition) is 1. The van der Waals surface area contributed by atoms with Gasteiger partial charge in [-0.15, -0.1) is 0 Å². The summed E-state index contributed by atoms with van der Waals surface area (Å²) >= 11 is 0. The molecular weight excluding hydrogens is 370 g/mol. The molecule has 1 aliphatic heterocycles. The van der Waals surface area contributed by atoms with Crippen LogP contribution in [0.5, 0.6) is 11.5 Å². The van der Waals surface area contributed by atoms with Crippen LogP contribution < -0.4 is 19.7 Å². The Balaban J connectivity index is 1.93. The second-order valence-corrected chi connectivity index (χ2v) is 7.17. The Morgan fingerprint density at radius 3 is 2.66 bits per heavy atom. The van der Waals surface area contributed by atoms with Crippen molar-refractivity contribution >= 4 is 23.2 Å². The largest absolute Gasteiger partial charge is 0.490 e. The molecule has 0 saturated carbocycles. The number of fused-ring (bicyclic) bond motifs is 1. The minimum absolute atomic E-state index is 0.273. The molecule has 3 rings (SSSR count). The number of carbonyl (C=O) groups excluding carboxylic acids is 2. The van der Waals surface area contributed by atoms with Crippen LogP contribution in [0.1, 0.15) is 33.3 Å². The maximum absolute atomic E-state index is 13.3. The number of hydrogen-bond acceptors (Lipinski definition) is 5. The van der Waals surface area contributed by atoms with E-state index in [1.807, 2.05) is 13.0 Å². The van der Waals surface area contributed by atoms with E-state index in [1.165, 1.54) is 4.90 Å². The highest BCUT2D eigenvalue weighted by molar-refractivity contribution is 6.14. The number of nitrogens with zero attached hydrogens (tertiary/aromatic N) is 2. The van der Waals surface area contributed by atoms with Crippen LogP contribution in [0.25, 0.3) is 0 Å². The van der Waals surface area contributed by atoms with Crippen LogP contribution in [0.15, 0.2) is 42.5 Å². The minimum atomic E-state index is -1.09. The van der Waals surface area contributed by atoms with Crippen LogP contribution in [0.3, 0.4) is 0 Å². The summed E-state index contributed by atoms with van der Waals surface area (Å²) in [7, 11) is 0. The number of nitrogens with one attached hydrogen (secondary N) is 1. The summed E-state index contributed by atoms with van der Waals surface area (Å²) in [6.45, 7) is 7.22. The second kappa shape index (κ2) is 7.84. The molecule has 0 spiro atoms. The van der Waals surface area contributed by atoms with Gasteiger partial charge in [0.05, 0.1) is 29.6 Å². The van der Waals surface area contributed by atoms with Crippen molar-refractivity contribution in [1.29, 1.82) is 5.26 Å². The Morgan fingerprint density at radius 2 is 1.97 bits per heavy atom. The van der Waals surface area contributed by atoms with E-state index in [-0.39, 0.29) is 11.8 Å². The fourth-order valence-electron chi connectivity index (χ4n) is 3.21. The van der Waals surface area contributed by atoms with E-state index in [1.54, 1.807) is 57.2 Å². The van der Waals surface area contributed by atoms with Crippen LogP contribution in [0, 0.1) is 11.3 Å². The van der Waals surface area contributed by atoms with Crippen molar-refractivity contribution in [3.05, 3.63) is 48.0 Å². The molecule has 7 heteroatoms. The number of rotatable bonds is 5. The van der Waals surface area contributed by atoms with Gasteiger partial charge in [0.25, 0.3) is 5.91 Å². The predicted molar refractivity (Wildman–Crippen MR) is 109 cm³/mol. The maximum Gasteiger partial charge on any atom is 0.268 e. The van der Waals surface area contributed by atoms with Gasteiger partial charge < -0.3 is 14.8 Å². The van der Waals surface area contributed by atoms with Crippen LogP contribution in [0.4, 0.5) is 11.4 Å². The van der Waals surface area contributed by atoms with E-state index in [2.05, 4.69) is 11.4 Å². The van der Waals surface area contributed by atoms with Crippen molar-refractivity contribution in [2.75, 3.05) is 16.8 Å². The van der Waals surface area contributed by atoms with Gasteiger partial charge in [-0.25, -0.2) is 0 Å². The van der Waals surface area contributed by atoms with Crippen LogP contribution in [-0.4, -0.2) is 30.1 Å². The first-order valence-electron chi connectivity index (χ1n) is 9.37. The van der Waals surface area contributed by atoms with Crippen molar-refractivity contribution in [3.8, 4) is 17.6 Å². The van der Waals surface area contributed by atoms with Gasteiger partial charge in [0.1, 0.15) is 5.54 Å². The fourth-order valence-corrected chi connectivity index (χ4v) is 3.21. The predicted octanol–water partition coefficient (Wildman–Crippen LogP) is 3.49. The quantitative estimate of drug-likeness (QED) is 0.840. The van der Waals surface area contributed by atoms with E-state index in [4.69, 9.17) is 14.7 Å². The molecule has 0 bridgehead atoms. The Hall–Kier alpha value is -3.53.